The van der Waals surface area contributed by atoms with Crippen molar-refractivity contribution in [3.8, 4) is 17.1 Å². The zero-order chi connectivity index (χ0) is 17.3. The van der Waals surface area contributed by atoms with Crippen LogP contribution in [0.15, 0.2) is 36.5 Å². The molecule has 2 aromatic heterocycles. The van der Waals surface area contributed by atoms with Crippen LogP contribution in [0.5, 0.6) is 0 Å². The van der Waals surface area contributed by atoms with Crippen molar-refractivity contribution in [1.82, 2.24) is 19.7 Å². The van der Waals surface area contributed by atoms with Crippen molar-refractivity contribution < 1.29 is 4.79 Å². The summed E-state index contributed by atoms with van der Waals surface area (Å²) in [4.78, 5) is 19.8. The van der Waals surface area contributed by atoms with Crippen LogP contribution in [-0.2, 0) is 6.42 Å². The third-order valence-corrected chi connectivity index (χ3v) is 3.79. The van der Waals surface area contributed by atoms with Crippen LogP contribution in [0, 0.1) is 0 Å². The van der Waals surface area contributed by atoms with E-state index in [9.17, 15) is 4.79 Å². The van der Waals surface area contributed by atoms with Gasteiger partial charge in [-0.25, -0.2) is 14.6 Å². The van der Waals surface area contributed by atoms with E-state index in [1.54, 1.807) is 24.3 Å². The van der Waals surface area contributed by atoms with Gasteiger partial charge in [-0.15, -0.1) is 0 Å². The first kappa shape index (κ1) is 15.9. The Bertz CT molecular complexity index is 921. The lowest BCUT2D eigenvalue weighted by atomic mass is 10.1. The van der Waals surface area contributed by atoms with Crippen molar-refractivity contribution in [2.45, 2.75) is 13.3 Å². The number of aromatic nitrogens is 4. The molecule has 1 aromatic carbocycles. The second kappa shape index (κ2) is 6.29. The summed E-state index contributed by atoms with van der Waals surface area (Å²) in [6.45, 7) is 2.01. The number of halogens is 1. The van der Waals surface area contributed by atoms with Crippen LogP contribution >= 0.6 is 11.6 Å². The van der Waals surface area contributed by atoms with E-state index in [-0.39, 0.29) is 11.6 Å². The van der Waals surface area contributed by atoms with Crippen LogP contribution in [-0.4, -0.2) is 25.7 Å². The SMILES string of the molecule is CCc1ccc(Cl)cc1-n1nc(-c2ccnc(N)n2)cc1C(N)=O. The predicted molar refractivity (Wildman–Crippen MR) is 91.9 cm³/mol. The molecule has 0 saturated heterocycles. The quantitative estimate of drug-likeness (QED) is 0.754. The number of benzene rings is 1. The molecule has 0 bridgehead atoms. The Morgan fingerprint density at radius 2 is 2.04 bits per heavy atom. The number of hydrogen-bond acceptors (Lipinski definition) is 5. The highest BCUT2D eigenvalue weighted by Crippen LogP contribution is 2.25. The molecule has 4 N–H and O–H groups in total. The number of aryl methyl sites for hydroxylation is 1. The summed E-state index contributed by atoms with van der Waals surface area (Å²) in [5.41, 5.74) is 14.0. The van der Waals surface area contributed by atoms with E-state index in [4.69, 9.17) is 23.1 Å². The van der Waals surface area contributed by atoms with Gasteiger partial charge in [-0.05, 0) is 36.2 Å². The van der Waals surface area contributed by atoms with Crippen molar-refractivity contribution >= 4 is 23.5 Å². The monoisotopic (exact) mass is 342 g/mol. The largest absolute Gasteiger partial charge is 0.368 e. The first-order valence-corrected chi connectivity index (χ1v) is 7.65. The summed E-state index contributed by atoms with van der Waals surface area (Å²) in [6.07, 6.45) is 2.28. The number of rotatable bonds is 4. The topological polar surface area (TPSA) is 113 Å². The average Bonchev–Trinajstić information content (AvgIpc) is 3.00. The molecule has 24 heavy (non-hydrogen) atoms. The zero-order valence-corrected chi connectivity index (χ0v) is 13.7. The average molecular weight is 343 g/mol. The molecule has 0 unspecified atom stereocenters. The van der Waals surface area contributed by atoms with Gasteiger partial charge in [0.1, 0.15) is 11.4 Å². The standard InChI is InChI=1S/C16H15ClN6O/c1-2-9-3-4-10(17)7-13(9)23-14(15(18)24)8-12(22-23)11-5-6-20-16(19)21-11/h3-8H,2H2,1H3,(H2,18,24)(H2,19,20,21). The van der Waals surface area contributed by atoms with Gasteiger partial charge in [0.05, 0.1) is 11.4 Å². The van der Waals surface area contributed by atoms with Crippen molar-refractivity contribution in [3.63, 3.8) is 0 Å². The van der Waals surface area contributed by atoms with E-state index >= 15 is 0 Å². The van der Waals surface area contributed by atoms with Gasteiger partial charge in [-0.2, -0.15) is 5.10 Å². The lowest BCUT2D eigenvalue weighted by Crippen LogP contribution is -2.17. The summed E-state index contributed by atoms with van der Waals surface area (Å²) in [6, 6.07) is 8.67. The highest BCUT2D eigenvalue weighted by atomic mass is 35.5. The Morgan fingerprint density at radius 3 is 2.71 bits per heavy atom. The normalized spacial score (nSPS) is 10.8. The van der Waals surface area contributed by atoms with Gasteiger partial charge in [0, 0.05) is 11.2 Å². The van der Waals surface area contributed by atoms with E-state index < -0.39 is 5.91 Å². The molecule has 8 heteroatoms. The molecule has 0 saturated carbocycles. The minimum atomic E-state index is -0.599. The van der Waals surface area contributed by atoms with Crippen molar-refractivity contribution in [3.05, 3.63) is 52.8 Å². The Labute approximate surface area is 143 Å². The molecule has 0 fully saturated rings. The lowest BCUT2D eigenvalue weighted by Gasteiger charge is -2.10. The second-order valence-corrected chi connectivity index (χ2v) is 5.55. The first-order chi connectivity index (χ1) is 11.5. The molecule has 3 aromatic rings. The van der Waals surface area contributed by atoms with Crippen LogP contribution in [0.4, 0.5) is 5.95 Å². The summed E-state index contributed by atoms with van der Waals surface area (Å²) in [5.74, 6) is -0.475. The number of nitrogens with zero attached hydrogens (tertiary/aromatic N) is 4. The summed E-state index contributed by atoms with van der Waals surface area (Å²) in [5, 5.41) is 5.02. The maximum atomic E-state index is 11.9. The smallest absolute Gasteiger partial charge is 0.267 e. The van der Waals surface area contributed by atoms with Crippen molar-refractivity contribution in [2.24, 2.45) is 5.73 Å². The summed E-state index contributed by atoms with van der Waals surface area (Å²) >= 11 is 6.11. The van der Waals surface area contributed by atoms with Gasteiger partial charge in [0.15, 0.2) is 0 Å². The number of carbonyl (C=O) groups is 1. The molecule has 0 radical (unpaired) electrons. The molecular formula is C16H15ClN6O. The molecule has 1 amide bonds. The number of amides is 1. The van der Waals surface area contributed by atoms with Crippen LogP contribution in [0.25, 0.3) is 17.1 Å². The van der Waals surface area contributed by atoms with E-state index in [1.807, 2.05) is 13.0 Å². The number of carbonyl (C=O) groups excluding carboxylic acids is 1. The van der Waals surface area contributed by atoms with Gasteiger partial charge in [0.25, 0.3) is 5.91 Å². The highest BCUT2D eigenvalue weighted by molar-refractivity contribution is 6.30. The molecular weight excluding hydrogens is 328 g/mol. The summed E-state index contributed by atoms with van der Waals surface area (Å²) < 4.78 is 1.49. The molecule has 0 aliphatic rings. The molecule has 0 aliphatic carbocycles. The van der Waals surface area contributed by atoms with Gasteiger partial charge in [-0.1, -0.05) is 24.6 Å². The van der Waals surface area contributed by atoms with Crippen LogP contribution in [0.3, 0.4) is 0 Å². The van der Waals surface area contributed by atoms with Crippen LogP contribution < -0.4 is 11.5 Å². The van der Waals surface area contributed by atoms with Gasteiger partial charge in [-0.3, -0.25) is 4.79 Å². The fraction of sp³-hybridized carbons (Fsp3) is 0.125. The summed E-state index contributed by atoms with van der Waals surface area (Å²) in [7, 11) is 0. The Kier molecular flexibility index (Phi) is 4.18. The van der Waals surface area contributed by atoms with Crippen LogP contribution in [0.2, 0.25) is 5.02 Å². The first-order valence-electron chi connectivity index (χ1n) is 7.27. The van der Waals surface area contributed by atoms with E-state index in [1.165, 1.54) is 10.9 Å². The number of nitrogen functional groups attached to an aromatic ring is 1. The van der Waals surface area contributed by atoms with E-state index in [0.29, 0.717) is 22.1 Å². The van der Waals surface area contributed by atoms with Gasteiger partial charge >= 0.3 is 0 Å². The third-order valence-electron chi connectivity index (χ3n) is 3.55. The highest BCUT2D eigenvalue weighted by Gasteiger charge is 2.18. The Hall–Kier alpha value is -2.93. The van der Waals surface area contributed by atoms with Crippen molar-refractivity contribution in [1.29, 1.82) is 0 Å². The van der Waals surface area contributed by atoms with E-state index in [2.05, 4.69) is 15.1 Å². The molecule has 0 spiro atoms. The second-order valence-electron chi connectivity index (χ2n) is 5.12. The van der Waals surface area contributed by atoms with Crippen molar-refractivity contribution in [2.75, 3.05) is 5.73 Å². The van der Waals surface area contributed by atoms with Gasteiger partial charge in [0.2, 0.25) is 5.95 Å². The maximum Gasteiger partial charge on any atom is 0.267 e. The zero-order valence-electron chi connectivity index (χ0n) is 12.9. The third kappa shape index (κ3) is 2.93. The fourth-order valence-electron chi connectivity index (χ4n) is 2.42. The molecule has 3 rings (SSSR count). The molecule has 2 heterocycles. The predicted octanol–water partition coefficient (Wildman–Crippen LogP) is 2.23. The Balaban J connectivity index is 2.22. The fourth-order valence-corrected chi connectivity index (χ4v) is 2.58. The number of primary amides is 1. The number of anilines is 1. The Morgan fingerprint density at radius 1 is 1.25 bits per heavy atom. The number of nitrogens with two attached hydrogens (primary N) is 2. The maximum absolute atomic E-state index is 11.9. The van der Waals surface area contributed by atoms with Gasteiger partial charge < -0.3 is 11.5 Å². The molecule has 122 valence electrons. The lowest BCUT2D eigenvalue weighted by molar-refractivity contribution is 0.0993. The minimum absolute atomic E-state index is 0.125. The molecule has 0 aliphatic heterocycles. The van der Waals surface area contributed by atoms with E-state index in [0.717, 1.165) is 12.0 Å². The number of hydrogen-bond donors (Lipinski definition) is 2. The molecule has 7 nitrogen and oxygen atoms in total. The molecule has 0 atom stereocenters. The minimum Gasteiger partial charge on any atom is -0.368 e. The van der Waals surface area contributed by atoms with Crippen LogP contribution in [0.1, 0.15) is 23.0 Å².